The maximum absolute atomic E-state index is 12.3. The molecule has 25 heavy (non-hydrogen) atoms. The largest absolute Gasteiger partial charge is 0.494 e. The molecule has 0 saturated heterocycles. The van der Waals surface area contributed by atoms with Gasteiger partial charge in [-0.2, -0.15) is 0 Å². The van der Waals surface area contributed by atoms with E-state index in [-0.39, 0.29) is 30.7 Å². The van der Waals surface area contributed by atoms with Gasteiger partial charge in [0.25, 0.3) is 0 Å². The summed E-state index contributed by atoms with van der Waals surface area (Å²) >= 11 is 0. The number of aliphatic carboxylic acids is 1. The summed E-state index contributed by atoms with van der Waals surface area (Å²) < 4.78 is 5.58. The summed E-state index contributed by atoms with van der Waals surface area (Å²) in [5.41, 5.74) is 0.730. The molecule has 0 aliphatic heterocycles. The zero-order valence-electron chi connectivity index (χ0n) is 14.9. The van der Waals surface area contributed by atoms with E-state index in [9.17, 15) is 14.4 Å². The quantitative estimate of drug-likeness (QED) is 0.599. The third-order valence-electron chi connectivity index (χ3n) is 3.56. The number of carboxylic acid groups (broad SMARTS) is 1. The van der Waals surface area contributed by atoms with Crippen molar-refractivity contribution in [3.8, 4) is 5.75 Å². The molecule has 0 saturated carbocycles. The number of amides is 2. The Kier molecular flexibility index (Phi) is 8.46. The van der Waals surface area contributed by atoms with Gasteiger partial charge in [0.2, 0.25) is 11.8 Å². The third-order valence-corrected chi connectivity index (χ3v) is 3.56. The Labute approximate surface area is 147 Å². The molecule has 0 fully saturated rings. The highest BCUT2D eigenvalue weighted by Crippen LogP contribution is 2.27. The Morgan fingerprint density at radius 1 is 1.20 bits per heavy atom. The fourth-order valence-corrected chi connectivity index (χ4v) is 2.47. The maximum Gasteiger partial charge on any atom is 0.303 e. The van der Waals surface area contributed by atoms with Crippen molar-refractivity contribution in [2.24, 2.45) is 0 Å². The Morgan fingerprint density at radius 2 is 1.88 bits per heavy atom. The summed E-state index contributed by atoms with van der Waals surface area (Å²) in [7, 11) is 0. The van der Waals surface area contributed by atoms with Crippen LogP contribution in [0.15, 0.2) is 24.3 Å². The van der Waals surface area contributed by atoms with Crippen LogP contribution in [0.4, 0.5) is 0 Å². The van der Waals surface area contributed by atoms with Crippen LogP contribution in [0.2, 0.25) is 0 Å². The monoisotopic (exact) mass is 350 g/mol. The minimum absolute atomic E-state index is 0.0102. The standard InChI is InChI=1S/C18H26N2O5/c1-4-25-16-8-6-5-7-14(16)15(20-13(3)21)11-17(22)19-12(2)9-10-18(23)24/h5-8,12,15H,4,9-11H2,1-3H3,(H,19,22)(H,20,21)(H,23,24). The number of para-hydroxylation sites is 1. The predicted molar refractivity (Wildman–Crippen MR) is 93.3 cm³/mol. The number of hydrogen-bond acceptors (Lipinski definition) is 4. The van der Waals surface area contributed by atoms with E-state index in [0.29, 0.717) is 18.8 Å². The van der Waals surface area contributed by atoms with Crippen molar-refractivity contribution in [2.45, 2.75) is 52.1 Å². The van der Waals surface area contributed by atoms with Gasteiger partial charge in [0.15, 0.2) is 0 Å². The lowest BCUT2D eigenvalue weighted by atomic mass is 10.0. The lowest BCUT2D eigenvalue weighted by Gasteiger charge is -2.22. The fourth-order valence-electron chi connectivity index (χ4n) is 2.47. The van der Waals surface area contributed by atoms with Crippen LogP contribution in [0.25, 0.3) is 0 Å². The van der Waals surface area contributed by atoms with Crippen LogP contribution >= 0.6 is 0 Å². The SMILES string of the molecule is CCOc1ccccc1C(CC(=O)NC(C)CCC(=O)O)NC(C)=O. The Morgan fingerprint density at radius 3 is 2.48 bits per heavy atom. The average molecular weight is 350 g/mol. The van der Waals surface area contributed by atoms with Crippen LogP contribution in [0.3, 0.4) is 0 Å². The zero-order valence-corrected chi connectivity index (χ0v) is 14.9. The molecule has 0 aromatic heterocycles. The molecule has 7 heteroatoms. The highest BCUT2D eigenvalue weighted by Gasteiger charge is 2.21. The number of carbonyl (C=O) groups is 3. The van der Waals surface area contributed by atoms with Crippen LogP contribution in [0.5, 0.6) is 5.75 Å². The van der Waals surface area contributed by atoms with Gasteiger partial charge >= 0.3 is 5.97 Å². The van der Waals surface area contributed by atoms with Crippen molar-refractivity contribution < 1.29 is 24.2 Å². The molecule has 3 N–H and O–H groups in total. The molecular formula is C18H26N2O5. The number of ether oxygens (including phenoxy) is 1. The molecule has 0 radical (unpaired) electrons. The third kappa shape index (κ3) is 7.69. The van der Waals surface area contributed by atoms with Crippen LogP contribution < -0.4 is 15.4 Å². The molecule has 138 valence electrons. The van der Waals surface area contributed by atoms with Crippen molar-refractivity contribution in [1.82, 2.24) is 10.6 Å². The number of hydrogen-bond donors (Lipinski definition) is 3. The highest BCUT2D eigenvalue weighted by molar-refractivity contribution is 5.79. The van der Waals surface area contributed by atoms with Crippen molar-refractivity contribution in [2.75, 3.05) is 6.61 Å². The van der Waals surface area contributed by atoms with Crippen molar-refractivity contribution in [3.05, 3.63) is 29.8 Å². The van der Waals surface area contributed by atoms with Gasteiger partial charge in [0.05, 0.1) is 19.1 Å². The first-order valence-electron chi connectivity index (χ1n) is 8.33. The summed E-state index contributed by atoms with van der Waals surface area (Å²) in [6.45, 7) is 5.48. The van der Waals surface area contributed by atoms with Gasteiger partial charge in [-0.15, -0.1) is 0 Å². The van der Waals surface area contributed by atoms with Crippen LogP contribution in [0.1, 0.15) is 51.6 Å². The van der Waals surface area contributed by atoms with Gasteiger partial charge in [-0.05, 0) is 26.3 Å². The molecule has 1 rings (SSSR count). The van der Waals surface area contributed by atoms with Crippen LogP contribution in [-0.2, 0) is 14.4 Å². The highest BCUT2D eigenvalue weighted by atomic mass is 16.5. The molecule has 0 bridgehead atoms. The van der Waals surface area contributed by atoms with Gasteiger partial charge < -0.3 is 20.5 Å². The molecule has 0 aliphatic carbocycles. The molecule has 0 aliphatic rings. The fraction of sp³-hybridized carbons (Fsp3) is 0.500. The van der Waals surface area contributed by atoms with Gasteiger partial charge in [-0.1, -0.05) is 18.2 Å². The predicted octanol–water partition coefficient (Wildman–Crippen LogP) is 2.02. The van der Waals surface area contributed by atoms with E-state index in [2.05, 4.69) is 10.6 Å². The number of benzene rings is 1. The molecule has 7 nitrogen and oxygen atoms in total. The van der Waals surface area contributed by atoms with Gasteiger partial charge in [-0.3, -0.25) is 14.4 Å². The van der Waals surface area contributed by atoms with E-state index in [1.165, 1.54) is 6.92 Å². The molecule has 2 atom stereocenters. The zero-order chi connectivity index (χ0) is 18.8. The summed E-state index contributed by atoms with van der Waals surface area (Å²) in [5.74, 6) is -0.788. The first kappa shape index (κ1) is 20.5. The smallest absolute Gasteiger partial charge is 0.303 e. The van der Waals surface area contributed by atoms with Crippen LogP contribution in [0, 0.1) is 0 Å². The molecule has 1 aromatic rings. The summed E-state index contributed by atoms with van der Waals surface area (Å²) in [4.78, 5) is 34.4. The Hall–Kier alpha value is -2.57. The van der Waals surface area contributed by atoms with E-state index < -0.39 is 12.0 Å². The van der Waals surface area contributed by atoms with Gasteiger partial charge in [0, 0.05) is 24.9 Å². The van der Waals surface area contributed by atoms with Crippen molar-refractivity contribution in [1.29, 1.82) is 0 Å². The lowest BCUT2D eigenvalue weighted by Crippen LogP contribution is -2.37. The first-order chi connectivity index (χ1) is 11.8. The number of carboxylic acids is 1. The minimum atomic E-state index is -0.900. The molecule has 1 aromatic carbocycles. The molecule has 0 heterocycles. The maximum atomic E-state index is 12.3. The second kappa shape index (κ2) is 10.3. The van der Waals surface area contributed by atoms with E-state index in [0.717, 1.165) is 5.56 Å². The Balaban J connectivity index is 2.81. The van der Waals surface area contributed by atoms with E-state index >= 15 is 0 Å². The van der Waals surface area contributed by atoms with E-state index in [1.807, 2.05) is 25.1 Å². The first-order valence-corrected chi connectivity index (χ1v) is 8.33. The molecule has 0 spiro atoms. The second-order valence-electron chi connectivity index (χ2n) is 5.83. The minimum Gasteiger partial charge on any atom is -0.494 e. The van der Waals surface area contributed by atoms with Gasteiger partial charge in [0.1, 0.15) is 5.75 Å². The lowest BCUT2D eigenvalue weighted by molar-refractivity contribution is -0.137. The number of nitrogens with one attached hydrogen (secondary N) is 2. The van der Waals surface area contributed by atoms with E-state index in [1.54, 1.807) is 13.0 Å². The summed E-state index contributed by atoms with van der Waals surface area (Å²) in [6.07, 6.45) is 0.381. The normalized spacial score (nSPS) is 12.8. The topological polar surface area (TPSA) is 105 Å². The molecule has 2 amide bonds. The van der Waals surface area contributed by atoms with Crippen molar-refractivity contribution >= 4 is 17.8 Å². The number of rotatable bonds is 10. The van der Waals surface area contributed by atoms with Crippen LogP contribution in [-0.4, -0.2) is 35.5 Å². The second-order valence-corrected chi connectivity index (χ2v) is 5.83. The average Bonchev–Trinajstić information content (AvgIpc) is 2.52. The summed E-state index contributed by atoms with van der Waals surface area (Å²) in [6, 6.07) is 6.47. The van der Waals surface area contributed by atoms with Crippen molar-refractivity contribution in [3.63, 3.8) is 0 Å². The van der Waals surface area contributed by atoms with E-state index in [4.69, 9.17) is 9.84 Å². The number of carbonyl (C=O) groups excluding carboxylic acids is 2. The summed E-state index contributed by atoms with van der Waals surface area (Å²) in [5, 5.41) is 14.2. The molecular weight excluding hydrogens is 324 g/mol. The molecule has 2 unspecified atom stereocenters. The van der Waals surface area contributed by atoms with Gasteiger partial charge in [-0.25, -0.2) is 0 Å². The Bertz CT molecular complexity index is 603.